The molecule has 1 fully saturated rings. The number of thiophene rings is 1. The molecule has 0 atom stereocenters. The second-order valence-electron chi connectivity index (χ2n) is 7.86. The topological polar surface area (TPSA) is 73.1 Å². The molecule has 0 saturated heterocycles. The Morgan fingerprint density at radius 3 is 2.93 bits per heavy atom. The third-order valence-corrected chi connectivity index (χ3v) is 6.53. The number of amides is 1. The fourth-order valence-corrected chi connectivity index (χ4v) is 4.77. The normalized spacial score (nSPS) is 14.0. The van der Waals surface area contributed by atoms with E-state index in [1.165, 1.54) is 29.7 Å². The minimum Gasteiger partial charge on any atom is -0.383 e. The molecule has 0 N–H and O–H groups in total. The molecule has 4 aromatic heterocycles. The molecule has 4 aromatic rings. The van der Waals surface area contributed by atoms with Crippen LogP contribution in [-0.4, -0.2) is 57.9 Å². The number of nitrogens with zero attached hydrogens (tertiary/aromatic N) is 5. The van der Waals surface area contributed by atoms with Gasteiger partial charge in [0, 0.05) is 56.5 Å². The average molecular weight is 422 g/mol. The Labute approximate surface area is 178 Å². The number of fused-ring (bicyclic) bond motifs is 2. The summed E-state index contributed by atoms with van der Waals surface area (Å²) in [6.45, 7) is 1.08. The van der Waals surface area contributed by atoms with Crippen LogP contribution in [0, 0.1) is 0 Å². The van der Waals surface area contributed by atoms with Crippen molar-refractivity contribution < 1.29 is 9.53 Å². The van der Waals surface area contributed by atoms with Gasteiger partial charge in [0.1, 0.15) is 4.83 Å². The Morgan fingerprint density at radius 1 is 1.33 bits per heavy atom. The van der Waals surface area contributed by atoms with Gasteiger partial charge in [0.2, 0.25) is 0 Å². The molecule has 0 aliphatic heterocycles. The Kier molecular flexibility index (Phi) is 4.75. The van der Waals surface area contributed by atoms with Crippen LogP contribution in [0.3, 0.4) is 0 Å². The lowest BCUT2D eigenvalue weighted by Crippen LogP contribution is -2.29. The molecule has 1 saturated carbocycles. The molecule has 154 valence electrons. The average Bonchev–Trinajstić information content (AvgIpc) is 3.38. The number of likely N-dealkylation sites (N-methyl/N-ethyl adjacent to an activating group) is 1. The van der Waals surface area contributed by atoms with Gasteiger partial charge in [-0.3, -0.25) is 9.48 Å². The van der Waals surface area contributed by atoms with Crippen LogP contribution in [0.4, 0.5) is 0 Å². The predicted octanol–water partition coefficient (Wildman–Crippen LogP) is 3.84. The first-order valence-corrected chi connectivity index (χ1v) is 10.8. The molecular formula is C22H23N5O2S. The lowest BCUT2D eigenvalue weighted by molar-refractivity contribution is 0.0749. The smallest absolute Gasteiger partial charge is 0.263 e. The fraction of sp³-hybridized carbons (Fsp3) is 0.364. The molecule has 0 radical (unpaired) electrons. The van der Waals surface area contributed by atoms with Crippen molar-refractivity contribution in [1.29, 1.82) is 0 Å². The molecule has 1 aliphatic rings. The Morgan fingerprint density at radius 2 is 2.17 bits per heavy atom. The molecule has 1 aliphatic carbocycles. The zero-order valence-corrected chi connectivity index (χ0v) is 18.1. The van der Waals surface area contributed by atoms with E-state index in [4.69, 9.17) is 9.72 Å². The number of carbonyl (C=O) groups is 1. The van der Waals surface area contributed by atoms with Crippen molar-refractivity contribution in [2.24, 2.45) is 7.05 Å². The van der Waals surface area contributed by atoms with E-state index in [1.807, 2.05) is 25.5 Å². The van der Waals surface area contributed by atoms with Crippen LogP contribution in [0.2, 0.25) is 0 Å². The Hall–Kier alpha value is -2.84. The van der Waals surface area contributed by atoms with Crippen LogP contribution in [0.25, 0.3) is 32.5 Å². The van der Waals surface area contributed by atoms with Crippen LogP contribution in [0.15, 0.2) is 30.6 Å². The highest BCUT2D eigenvalue weighted by Gasteiger charge is 2.28. The van der Waals surface area contributed by atoms with Gasteiger partial charge >= 0.3 is 0 Å². The number of hydrogen-bond acceptors (Lipinski definition) is 6. The largest absolute Gasteiger partial charge is 0.383 e. The van der Waals surface area contributed by atoms with Crippen LogP contribution in [0.1, 0.15) is 34.0 Å². The van der Waals surface area contributed by atoms with Crippen LogP contribution in [-0.2, 0) is 11.8 Å². The maximum Gasteiger partial charge on any atom is 0.263 e. The molecule has 7 nitrogen and oxygen atoms in total. The van der Waals surface area contributed by atoms with E-state index in [9.17, 15) is 4.79 Å². The molecule has 1 amide bonds. The highest BCUT2D eigenvalue weighted by Crippen LogP contribution is 2.45. The van der Waals surface area contributed by atoms with Gasteiger partial charge in [-0.2, -0.15) is 5.10 Å². The van der Waals surface area contributed by atoms with Crippen molar-refractivity contribution in [3.63, 3.8) is 0 Å². The molecule has 0 spiro atoms. The van der Waals surface area contributed by atoms with Crippen molar-refractivity contribution in [2.75, 3.05) is 27.3 Å². The first kappa shape index (κ1) is 19.1. The number of pyridine rings is 2. The molecule has 0 unspecified atom stereocenters. The zero-order valence-electron chi connectivity index (χ0n) is 17.3. The number of aryl methyl sites for hydroxylation is 1. The molecule has 5 rings (SSSR count). The molecule has 4 heterocycles. The quantitative estimate of drug-likeness (QED) is 0.473. The van der Waals surface area contributed by atoms with E-state index in [-0.39, 0.29) is 5.91 Å². The summed E-state index contributed by atoms with van der Waals surface area (Å²) in [6.07, 6.45) is 6.17. The van der Waals surface area contributed by atoms with Gasteiger partial charge in [-0.25, -0.2) is 9.97 Å². The second kappa shape index (κ2) is 7.45. The number of ether oxygens (including phenoxy) is 1. The van der Waals surface area contributed by atoms with E-state index < -0.39 is 0 Å². The summed E-state index contributed by atoms with van der Waals surface area (Å²) in [4.78, 5) is 25.6. The summed E-state index contributed by atoms with van der Waals surface area (Å²) in [5, 5.41) is 6.44. The van der Waals surface area contributed by atoms with Crippen molar-refractivity contribution >= 4 is 38.5 Å². The van der Waals surface area contributed by atoms with E-state index in [2.05, 4.69) is 22.2 Å². The Balaban J connectivity index is 1.57. The molecule has 0 bridgehead atoms. The lowest BCUT2D eigenvalue weighted by atomic mass is 10.0. The SMILES string of the molecule is COCCN(C)C(=O)c1cc2c(C3CC3)cc(-c3cnc4nn(C)cc4c3)nc2s1. The monoisotopic (exact) mass is 421 g/mol. The number of methoxy groups -OCH3 is 1. The first-order chi connectivity index (χ1) is 14.5. The third-order valence-electron chi connectivity index (χ3n) is 5.51. The van der Waals surface area contributed by atoms with Gasteiger partial charge in [0.15, 0.2) is 5.65 Å². The Bertz CT molecular complexity index is 1260. The number of hydrogen-bond donors (Lipinski definition) is 0. The number of carbonyl (C=O) groups excluding carboxylic acids is 1. The van der Waals surface area contributed by atoms with Crippen LogP contribution < -0.4 is 0 Å². The van der Waals surface area contributed by atoms with Gasteiger partial charge in [-0.15, -0.1) is 11.3 Å². The van der Waals surface area contributed by atoms with Gasteiger partial charge in [-0.05, 0) is 42.5 Å². The fourth-order valence-electron chi connectivity index (χ4n) is 3.71. The summed E-state index contributed by atoms with van der Waals surface area (Å²) in [7, 11) is 5.34. The third kappa shape index (κ3) is 3.46. The minimum absolute atomic E-state index is 0.0109. The van der Waals surface area contributed by atoms with Gasteiger partial charge in [0.25, 0.3) is 5.91 Å². The van der Waals surface area contributed by atoms with Gasteiger partial charge in [-0.1, -0.05) is 0 Å². The second-order valence-corrected chi connectivity index (χ2v) is 8.89. The van der Waals surface area contributed by atoms with Crippen molar-refractivity contribution in [1.82, 2.24) is 24.6 Å². The van der Waals surface area contributed by atoms with Gasteiger partial charge in [0.05, 0.1) is 17.2 Å². The highest BCUT2D eigenvalue weighted by molar-refractivity contribution is 7.20. The lowest BCUT2D eigenvalue weighted by Gasteiger charge is -2.15. The summed E-state index contributed by atoms with van der Waals surface area (Å²) in [5.74, 6) is 0.560. The number of aromatic nitrogens is 4. The van der Waals surface area contributed by atoms with Gasteiger partial charge < -0.3 is 9.64 Å². The van der Waals surface area contributed by atoms with Crippen molar-refractivity contribution in [2.45, 2.75) is 18.8 Å². The van der Waals surface area contributed by atoms with Crippen LogP contribution >= 0.6 is 11.3 Å². The molecular weight excluding hydrogens is 398 g/mol. The predicted molar refractivity (Wildman–Crippen MR) is 118 cm³/mol. The highest BCUT2D eigenvalue weighted by atomic mass is 32.1. The summed E-state index contributed by atoms with van der Waals surface area (Å²) in [6, 6.07) is 6.27. The number of rotatable bonds is 6. The van der Waals surface area contributed by atoms with Crippen LogP contribution in [0.5, 0.6) is 0 Å². The standard InChI is InChI=1S/C22H23N5O2S/c1-26(6-7-29-3)22(28)19-10-17-16(13-4-5-13)9-18(24-21(17)30-19)14-8-15-12-27(2)25-20(15)23-11-14/h8-13H,4-7H2,1-3H3. The summed E-state index contributed by atoms with van der Waals surface area (Å²) >= 11 is 1.46. The summed E-state index contributed by atoms with van der Waals surface area (Å²) in [5.41, 5.74) is 3.89. The molecule has 30 heavy (non-hydrogen) atoms. The summed E-state index contributed by atoms with van der Waals surface area (Å²) < 4.78 is 6.87. The van der Waals surface area contributed by atoms with Crippen molar-refractivity contribution in [3.8, 4) is 11.3 Å². The first-order valence-electron chi connectivity index (χ1n) is 10.0. The molecule has 8 heteroatoms. The van der Waals surface area contributed by atoms with E-state index in [0.717, 1.165) is 37.4 Å². The maximum absolute atomic E-state index is 12.9. The van der Waals surface area contributed by atoms with E-state index in [1.54, 1.807) is 23.7 Å². The zero-order chi connectivity index (χ0) is 20.8. The maximum atomic E-state index is 12.9. The van der Waals surface area contributed by atoms with E-state index >= 15 is 0 Å². The minimum atomic E-state index is 0.0109. The molecule has 0 aromatic carbocycles. The van der Waals surface area contributed by atoms with E-state index in [0.29, 0.717) is 19.1 Å². The van der Waals surface area contributed by atoms with Crippen molar-refractivity contribution in [3.05, 3.63) is 41.0 Å².